The summed E-state index contributed by atoms with van der Waals surface area (Å²) in [5.41, 5.74) is -1.53. The molecule has 4 heteroatoms. The van der Waals surface area contributed by atoms with Crippen molar-refractivity contribution in [2.24, 2.45) is 5.41 Å². The molecule has 0 amide bonds. The first kappa shape index (κ1) is 12.8. The molecule has 1 atom stereocenters. The number of esters is 1. The predicted molar refractivity (Wildman–Crippen MR) is 64.6 cm³/mol. The van der Waals surface area contributed by atoms with Crippen molar-refractivity contribution in [2.75, 3.05) is 26.7 Å². The lowest BCUT2D eigenvalue weighted by molar-refractivity contribution is -0.173. The van der Waals surface area contributed by atoms with Gasteiger partial charge in [-0.25, -0.2) is 0 Å². The third-order valence-electron chi connectivity index (χ3n) is 4.45. The van der Waals surface area contributed by atoms with E-state index in [2.05, 4.69) is 4.90 Å². The molecule has 1 saturated heterocycles. The highest BCUT2D eigenvalue weighted by molar-refractivity contribution is 5.79. The molecule has 2 fully saturated rings. The topological polar surface area (TPSA) is 49.8 Å². The summed E-state index contributed by atoms with van der Waals surface area (Å²) < 4.78 is 5.22. The fraction of sp³-hybridized carbons (Fsp3) is 0.923. The molecule has 1 saturated carbocycles. The third kappa shape index (κ3) is 1.97. The van der Waals surface area contributed by atoms with E-state index in [0.29, 0.717) is 19.6 Å². The van der Waals surface area contributed by atoms with E-state index in [1.165, 1.54) is 0 Å². The third-order valence-corrected chi connectivity index (χ3v) is 4.45. The van der Waals surface area contributed by atoms with Gasteiger partial charge in [-0.3, -0.25) is 4.79 Å². The average Bonchev–Trinajstić information content (AvgIpc) is 2.87. The number of carbonyl (C=O) groups excluding carboxylic acids is 1. The van der Waals surface area contributed by atoms with Crippen molar-refractivity contribution in [3.63, 3.8) is 0 Å². The van der Waals surface area contributed by atoms with Gasteiger partial charge in [0, 0.05) is 13.1 Å². The molecule has 0 aromatic rings. The Bertz CT molecular complexity index is 299. The van der Waals surface area contributed by atoms with Gasteiger partial charge in [0.2, 0.25) is 0 Å². The highest BCUT2D eigenvalue weighted by Crippen LogP contribution is 2.50. The lowest BCUT2D eigenvalue weighted by Gasteiger charge is -2.40. The van der Waals surface area contributed by atoms with Crippen LogP contribution in [0.1, 0.15) is 39.0 Å². The van der Waals surface area contributed by atoms with E-state index < -0.39 is 11.0 Å². The minimum Gasteiger partial charge on any atom is -0.465 e. The molecular weight excluding hydrogens is 218 g/mol. The molecule has 98 valence electrons. The molecule has 0 aromatic heterocycles. The van der Waals surface area contributed by atoms with Gasteiger partial charge in [0.25, 0.3) is 0 Å². The van der Waals surface area contributed by atoms with Crippen LogP contribution in [0.3, 0.4) is 0 Å². The second-order valence-corrected chi connectivity index (χ2v) is 5.53. The maximum Gasteiger partial charge on any atom is 0.315 e. The van der Waals surface area contributed by atoms with Crippen molar-refractivity contribution in [2.45, 2.75) is 44.6 Å². The lowest BCUT2D eigenvalue weighted by atomic mass is 9.69. The molecule has 1 N–H and O–H groups in total. The van der Waals surface area contributed by atoms with Gasteiger partial charge in [-0.2, -0.15) is 0 Å². The smallest absolute Gasteiger partial charge is 0.315 e. The molecule has 1 unspecified atom stereocenters. The highest BCUT2D eigenvalue weighted by atomic mass is 16.5. The molecule has 2 aliphatic rings. The molecular formula is C13H23NO3. The molecule has 1 heterocycles. The number of hydrogen-bond acceptors (Lipinski definition) is 4. The van der Waals surface area contributed by atoms with Gasteiger partial charge in [-0.05, 0) is 33.2 Å². The number of aliphatic hydroxyl groups is 1. The van der Waals surface area contributed by atoms with Gasteiger partial charge in [-0.1, -0.05) is 12.8 Å². The van der Waals surface area contributed by atoms with E-state index in [9.17, 15) is 9.90 Å². The van der Waals surface area contributed by atoms with Gasteiger partial charge < -0.3 is 14.7 Å². The summed E-state index contributed by atoms with van der Waals surface area (Å²) in [6.45, 7) is 3.67. The van der Waals surface area contributed by atoms with Crippen LogP contribution in [0.4, 0.5) is 0 Å². The number of nitrogens with zero attached hydrogens (tertiary/aromatic N) is 1. The lowest BCUT2D eigenvalue weighted by Crippen LogP contribution is -2.54. The van der Waals surface area contributed by atoms with Crippen LogP contribution in [-0.4, -0.2) is 48.3 Å². The fourth-order valence-corrected chi connectivity index (χ4v) is 3.48. The van der Waals surface area contributed by atoms with Crippen LogP contribution in [0.2, 0.25) is 0 Å². The number of rotatable bonds is 3. The zero-order chi connectivity index (χ0) is 12.5. The van der Waals surface area contributed by atoms with Gasteiger partial charge in [0.15, 0.2) is 0 Å². The molecule has 0 bridgehead atoms. The number of carbonyl (C=O) groups is 1. The summed E-state index contributed by atoms with van der Waals surface area (Å²) >= 11 is 0. The molecule has 17 heavy (non-hydrogen) atoms. The first-order valence-corrected chi connectivity index (χ1v) is 6.62. The number of β-amino-alcohol motifs (C(OH)–C–C–N with tert-alkyl or cyclic N) is 1. The van der Waals surface area contributed by atoms with Crippen LogP contribution in [0, 0.1) is 5.41 Å². The van der Waals surface area contributed by atoms with E-state index >= 15 is 0 Å². The van der Waals surface area contributed by atoms with E-state index in [-0.39, 0.29) is 5.97 Å². The number of ether oxygens (including phenoxy) is 1. The van der Waals surface area contributed by atoms with Gasteiger partial charge >= 0.3 is 5.97 Å². The highest BCUT2D eigenvalue weighted by Gasteiger charge is 2.59. The quantitative estimate of drug-likeness (QED) is 0.754. The van der Waals surface area contributed by atoms with Crippen LogP contribution in [0.15, 0.2) is 0 Å². The zero-order valence-electron chi connectivity index (χ0n) is 10.9. The zero-order valence-corrected chi connectivity index (χ0v) is 10.9. The minimum atomic E-state index is -0.884. The van der Waals surface area contributed by atoms with E-state index in [1.54, 1.807) is 0 Å². The van der Waals surface area contributed by atoms with Crippen LogP contribution in [0.5, 0.6) is 0 Å². The van der Waals surface area contributed by atoms with E-state index in [1.807, 2.05) is 14.0 Å². The van der Waals surface area contributed by atoms with Crippen molar-refractivity contribution >= 4 is 5.97 Å². The summed E-state index contributed by atoms with van der Waals surface area (Å²) in [6.07, 6.45) is 4.27. The maximum atomic E-state index is 12.3. The molecule has 1 aliphatic carbocycles. The maximum absolute atomic E-state index is 12.3. The first-order chi connectivity index (χ1) is 8.04. The van der Waals surface area contributed by atoms with Crippen molar-refractivity contribution in [3.05, 3.63) is 0 Å². The SMILES string of the molecule is CCOC(=O)C1(C2(O)CCN(C)C2)CCCC1. The van der Waals surface area contributed by atoms with E-state index in [0.717, 1.165) is 32.2 Å². The van der Waals surface area contributed by atoms with Crippen LogP contribution in [-0.2, 0) is 9.53 Å². The van der Waals surface area contributed by atoms with E-state index in [4.69, 9.17) is 4.74 Å². The van der Waals surface area contributed by atoms with Crippen molar-refractivity contribution in [3.8, 4) is 0 Å². The summed E-state index contributed by atoms with van der Waals surface area (Å²) in [5.74, 6) is -0.185. The minimum absolute atomic E-state index is 0.185. The summed E-state index contributed by atoms with van der Waals surface area (Å²) in [5, 5.41) is 10.9. The summed E-state index contributed by atoms with van der Waals surface area (Å²) in [6, 6.07) is 0. The molecule has 0 radical (unpaired) electrons. The van der Waals surface area contributed by atoms with Gasteiger partial charge in [-0.15, -0.1) is 0 Å². The Labute approximate surface area is 103 Å². The normalized spacial score (nSPS) is 32.9. The van der Waals surface area contributed by atoms with Crippen LogP contribution < -0.4 is 0 Å². The Morgan fingerprint density at radius 1 is 1.35 bits per heavy atom. The van der Waals surface area contributed by atoms with Gasteiger partial charge in [0.1, 0.15) is 0 Å². The molecule has 2 rings (SSSR count). The predicted octanol–water partition coefficient (Wildman–Crippen LogP) is 1.18. The summed E-state index contributed by atoms with van der Waals surface area (Å²) in [7, 11) is 1.99. The standard InChI is InChI=1S/C13H23NO3/c1-3-17-11(15)12(6-4-5-7-12)13(16)8-9-14(2)10-13/h16H,3-10H2,1-2H3. The fourth-order valence-electron chi connectivity index (χ4n) is 3.48. The Kier molecular flexibility index (Phi) is 3.46. The number of hydrogen-bond donors (Lipinski definition) is 1. The average molecular weight is 241 g/mol. The second-order valence-electron chi connectivity index (χ2n) is 5.53. The molecule has 0 spiro atoms. The number of likely N-dealkylation sites (tertiary alicyclic amines) is 1. The summed E-state index contributed by atoms with van der Waals surface area (Å²) in [4.78, 5) is 14.4. The monoisotopic (exact) mass is 241 g/mol. The number of likely N-dealkylation sites (N-methyl/N-ethyl adjacent to an activating group) is 1. The Balaban J connectivity index is 2.25. The largest absolute Gasteiger partial charge is 0.465 e. The molecule has 4 nitrogen and oxygen atoms in total. The van der Waals surface area contributed by atoms with Crippen LogP contribution in [0.25, 0.3) is 0 Å². The van der Waals surface area contributed by atoms with Crippen LogP contribution >= 0.6 is 0 Å². The van der Waals surface area contributed by atoms with Crippen molar-refractivity contribution in [1.29, 1.82) is 0 Å². The molecule has 1 aliphatic heterocycles. The molecule has 0 aromatic carbocycles. The van der Waals surface area contributed by atoms with Gasteiger partial charge in [0.05, 0.1) is 17.6 Å². The second kappa shape index (κ2) is 4.58. The van der Waals surface area contributed by atoms with Crippen molar-refractivity contribution in [1.82, 2.24) is 4.90 Å². The Hall–Kier alpha value is -0.610. The Morgan fingerprint density at radius 3 is 2.47 bits per heavy atom. The van der Waals surface area contributed by atoms with Crippen molar-refractivity contribution < 1.29 is 14.6 Å². The Morgan fingerprint density at radius 2 is 2.00 bits per heavy atom. The first-order valence-electron chi connectivity index (χ1n) is 6.62.